The van der Waals surface area contributed by atoms with Crippen LogP contribution in [0.25, 0.3) is 11.1 Å². The number of hydrogen-bond donors (Lipinski definition) is 1. The van der Waals surface area contributed by atoms with Crippen molar-refractivity contribution in [1.29, 1.82) is 0 Å². The topological polar surface area (TPSA) is 70.5 Å². The summed E-state index contributed by atoms with van der Waals surface area (Å²) in [6.07, 6.45) is 1.20. The van der Waals surface area contributed by atoms with Gasteiger partial charge >= 0.3 is 5.97 Å². The molecule has 0 aliphatic carbocycles. The van der Waals surface area contributed by atoms with Crippen LogP contribution in [0.2, 0.25) is 0 Å². The minimum Gasteiger partial charge on any atom is -0.478 e. The van der Waals surface area contributed by atoms with Gasteiger partial charge in [-0.2, -0.15) is 0 Å². The number of carbonyl (C=O) groups excluding carboxylic acids is 1. The zero-order valence-electron chi connectivity index (χ0n) is 14.3. The Morgan fingerprint density at radius 1 is 0.962 bits per heavy atom. The van der Waals surface area contributed by atoms with Gasteiger partial charge in [-0.3, -0.25) is 9.78 Å². The molecule has 0 saturated carbocycles. The summed E-state index contributed by atoms with van der Waals surface area (Å²) in [6, 6.07) is 20.8. The van der Waals surface area contributed by atoms with Crippen molar-refractivity contribution in [2.24, 2.45) is 0 Å². The number of carboxylic acids is 1. The molecule has 0 saturated heterocycles. The molecule has 26 heavy (non-hydrogen) atoms. The normalized spacial score (nSPS) is 10.3. The van der Waals surface area contributed by atoms with E-state index in [2.05, 4.69) is 4.98 Å². The van der Waals surface area contributed by atoms with Crippen LogP contribution in [0.15, 0.2) is 72.9 Å². The summed E-state index contributed by atoms with van der Waals surface area (Å²) in [7, 11) is 1.71. The molecule has 3 rings (SSSR count). The second-order valence-corrected chi connectivity index (χ2v) is 5.92. The number of amides is 1. The average Bonchev–Trinajstić information content (AvgIpc) is 2.68. The van der Waals surface area contributed by atoms with Crippen molar-refractivity contribution in [3.05, 3.63) is 89.7 Å². The monoisotopic (exact) mass is 346 g/mol. The molecule has 0 atom stereocenters. The van der Waals surface area contributed by atoms with Gasteiger partial charge in [0.15, 0.2) is 0 Å². The minimum absolute atomic E-state index is 0.0543. The number of carboxylic acid groups (broad SMARTS) is 1. The van der Waals surface area contributed by atoms with E-state index in [-0.39, 0.29) is 17.2 Å². The van der Waals surface area contributed by atoms with Crippen LogP contribution in [-0.2, 0) is 6.54 Å². The van der Waals surface area contributed by atoms with Crippen LogP contribution >= 0.6 is 0 Å². The maximum Gasteiger partial charge on any atom is 0.337 e. The predicted molar refractivity (Wildman–Crippen MR) is 98.9 cm³/mol. The van der Waals surface area contributed by atoms with E-state index in [1.54, 1.807) is 11.9 Å². The van der Waals surface area contributed by atoms with Crippen LogP contribution in [0.4, 0.5) is 0 Å². The van der Waals surface area contributed by atoms with Crippen molar-refractivity contribution in [2.45, 2.75) is 6.54 Å². The van der Waals surface area contributed by atoms with Crippen LogP contribution in [0, 0.1) is 0 Å². The van der Waals surface area contributed by atoms with E-state index in [9.17, 15) is 9.59 Å². The molecule has 2 aromatic carbocycles. The van der Waals surface area contributed by atoms with Crippen molar-refractivity contribution < 1.29 is 14.7 Å². The molecule has 0 radical (unpaired) electrons. The molecule has 1 aromatic heterocycles. The average molecular weight is 346 g/mol. The van der Waals surface area contributed by atoms with Crippen LogP contribution in [0.5, 0.6) is 0 Å². The Morgan fingerprint density at radius 2 is 1.65 bits per heavy atom. The fraction of sp³-hybridized carbons (Fsp3) is 0.0952. The zero-order chi connectivity index (χ0) is 18.5. The first-order valence-corrected chi connectivity index (χ1v) is 8.14. The largest absolute Gasteiger partial charge is 0.478 e. The number of carbonyl (C=O) groups is 2. The number of rotatable bonds is 5. The third kappa shape index (κ3) is 3.78. The highest BCUT2D eigenvalue weighted by Crippen LogP contribution is 2.24. The summed E-state index contributed by atoms with van der Waals surface area (Å²) < 4.78 is 0. The third-order valence-electron chi connectivity index (χ3n) is 4.09. The van der Waals surface area contributed by atoms with E-state index >= 15 is 0 Å². The second-order valence-electron chi connectivity index (χ2n) is 5.92. The highest BCUT2D eigenvalue weighted by Gasteiger charge is 2.16. The van der Waals surface area contributed by atoms with Gasteiger partial charge < -0.3 is 10.0 Å². The molecule has 0 aliphatic heterocycles. The van der Waals surface area contributed by atoms with Crippen LogP contribution < -0.4 is 0 Å². The second kappa shape index (κ2) is 7.61. The SMILES string of the molecule is CN(Cc1ccccc1-c1ccccc1)C(=O)c1ccc(C(=O)O)cn1. The predicted octanol–water partition coefficient (Wildman–Crippen LogP) is 3.72. The number of pyridine rings is 1. The van der Waals surface area contributed by atoms with Crippen LogP contribution in [0.3, 0.4) is 0 Å². The van der Waals surface area contributed by atoms with Crippen molar-refractivity contribution in [1.82, 2.24) is 9.88 Å². The molecule has 0 fully saturated rings. The molecule has 5 nitrogen and oxygen atoms in total. The van der Waals surface area contributed by atoms with Crippen LogP contribution in [-0.4, -0.2) is 33.9 Å². The Balaban J connectivity index is 1.81. The third-order valence-corrected chi connectivity index (χ3v) is 4.09. The summed E-state index contributed by atoms with van der Waals surface area (Å²) >= 11 is 0. The smallest absolute Gasteiger partial charge is 0.337 e. The maximum atomic E-state index is 12.6. The van der Waals surface area contributed by atoms with Gasteiger partial charge in [0.1, 0.15) is 5.69 Å². The number of aromatic carboxylic acids is 1. The Bertz CT molecular complexity index is 922. The van der Waals surface area contributed by atoms with E-state index in [1.165, 1.54) is 18.3 Å². The lowest BCUT2D eigenvalue weighted by atomic mass is 9.99. The highest BCUT2D eigenvalue weighted by molar-refractivity contribution is 5.93. The minimum atomic E-state index is -1.07. The van der Waals surface area contributed by atoms with Crippen molar-refractivity contribution in [3.8, 4) is 11.1 Å². The first-order chi connectivity index (χ1) is 12.6. The summed E-state index contributed by atoms with van der Waals surface area (Å²) in [5.41, 5.74) is 3.46. The fourth-order valence-corrected chi connectivity index (χ4v) is 2.73. The molecule has 5 heteroatoms. The fourth-order valence-electron chi connectivity index (χ4n) is 2.73. The lowest BCUT2D eigenvalue weighted by Crippen LogP contribution is -2.27. The van der Waals surface area contributed by atoms with E-state index in [0.717, 1.165) is 16.7 Å². The number of hydrogen-bond acceptors (Lipinski definition) is 3. The molecule has 3 aromatic rings. The first kappa shape index (κ1) is 17.4. The summed E-state index contributed by atoms with van der Waals surface area (Å²) in [6.45, 7) is 0.423. The Hall–Kier alpha value is -3.47. The standard InChI is InChI=1S/C21H18N2O3/c1-23(20(24)19-12-11-16(13-22-19)21(25)26)14-17-9-5-6-10-18(17)15-7-3-2-4-8-15/h2-13H,14H2,1H3,(H,25,26). The lowest BCUT2D eigenvalue weighted by molar-refractivity contribution is 0.0694. The Morgan fingerprint density at radius 3 is 2.31 bits per heavy atom. The highest BCUT2D eigenvalue weighted by atomic mass is 16.4. The van der Waals surface area contributed by atoms with Crippen molar-refractivity contribution >= 4 is 11.9 Å². The zero-order valence-corrected chi connectivity index (χ0v) is 14.3. The molecule has 0 aliphatic rings. The molecule has 0 bridgehead atoms. The van der Waals surface area contributed by atoms with Gasteiger partial charge in [0.05, 0.1) is 5.56 Å². The van der Waals surface area contributed by atoms with E-state index in [1.807, 2.05) is 54.6 Å². The number of nitrogens with zero attached hydrogens (tertiary/aromatic N) is 2. The molecular formula is C21H18N2O3. The molecule has 130 valence electrons. The lowest BCUT2D eigenvalue weighted by Gasteiger charge is -2.19. The molecule has 0 unspecified atom stereocenters. The van der Waals surface area contributed by atoms with E-state index in [4.69, 9.17) is 5.11 Å². The molecule has 0 spiro atoms. The number of benzene rings is 2. The summed E-state index contributed by atoms with van der Waals surface area (Å²) in [5.74, 6) is -1.33. The van der Waals surface area contributed by atoms with Gasteiger partial charge in [-0.1, -0.05) is 54.6 Å². The van der Waals surface area contributed by atoms with Gasteiger partial charge in [0.25, 0.3) is 5.91 Å². The van der Waals surface area contributed by atoms with Gasteiger partial charge in [0, 0.05) is 19.8 Å². The molecule has 1 N–H and O–H groups in total. The maximum absolute atomic E-state index is 12.6. The Kier molecular flexibility index (Phi) is 5.08. The van der Waals surface area contributed by atoms with Gasteiger partial charge in [0.2, 0.25) is 0 Å². The molecule has 1 amide bonds. The van der Waals surface area contributed by atoms with Gasteiger partial charge in [-0.15, -0.1) is 0 Å². The Labute approximate surface area is 151 Å². The van der Waals surface area contributed by atoms with E-state index < -0.39 is 5.97 Å². The quantitative estimate of drug-likeness (QED) is 0.764. The summed E-state index contributed by atoms with van der Waals surface area (Å²) in [4.78, 5) is 29.0. The molecular weight excluding hydrogens is 328 g/mol. The van der Waals surface area contributed by atoms with E-state index in [0.29, 0.717) is 6.54 Å². The first-order valence-electron chi connectivity index (χ1n) is 8.14. The van der Waals surface area contributed by atoms with Gasteiger partial charge in [-0.25, -0.2) is 4.79 Å². The number of aromatic nitrogens is 1. The van der Waals surface area contributed by atoms with Crippen molar-refractivity contribution in [2.75, 3.05) is 7.05 Å². The van der Waals surface area contributed by atoms with Crippen molar-refractivity contribution in [3.63, 3.8) is 0 Å². The summed E-state index contributed by atoms with van der Waals surface area (Å²) in [5, 5.41) is 8.92. The molecule has 1 heterocycles. The van der Waals surface area contributed by atoms with Gasteiger partial charge in [-0.05, 0) is 28.8 Å². The van der Waals surface area contributed by atoms with Crippen LogP contribution in [0.1, 0.15) is 26.4 Å².